The molecule has 0 radical (unpaired) electrons. The lowest BCUT2D eigenvalue weighted by molar-refractivity contribution is 0.0852. The van der Waals surface area contributed by atoms with E-state index in [1.54, 1.807) is 0 Å². The van der Waals surface area contributed by atoms with Crippen LogP contribution in [0.25, 0.3) is 0 Å². The number of rotatable bonds is 3. The van der Waals surface area contributed by atoms with Gasteiger partial charge in [-0.2, -0.15) is 0 Å². The summed E-state index contributed by atoms with van der Waals surface area (Å²) in [5, 5.41) is 0. The molecule has 0 heterocycles. The summed E-state index contributed by atoms with van der Waals surface area (Å²) in [6.45, 7) is 3.30. The van der Waals surface area contributed by atoms with Crippen molar-refractivity contribution in [2.45, 2.75) is 39.0 Å². The van der Waals surface area contributed by atoms with Crippen LogP contribution in [0.4, 0.5) is 0 Å². The molecule has 11 heavy (non-hydrogen) atoms. The maximum absolute atomic E-state index is 5.64. The van der Waals surface area contributed by atoms with Crippen LogP contribution in [0.1, 0.15) is 39.0 Å². The quantitative estimate of drug-likeness (QED) is 0.660. The third-order valence-electron chi connectivity index (χ3n) is 3.89. The zero-order valence-electron chi connectivity index (χ0n) is 7.47. The number of hydrogen-bond acceptors (Lipinski definition) is 1. The standard InChI is InChI=1S/C10H19N/c1-8-7-9(8)10(5-6-11)3-2-4-10/h8-9H,2-7,11H2,1H3. The summed E-state index contributed by atoms with van der Waals surface area (Å²) in [6.07, 6.45) is 7.18. The molecule has 0 aromatic carbocycles. The van der Waals surface area contributed by atoms with E-state index in [0.717, 1.165) is 23.8 Å². The van der Waals surface area contributed by atoms with Crippen LogP contribution < -0.4 is 5.73 Å². The first-order chi connectivity index (χ1) is 5.28. The molecule has 2 rings (SSSR count). The first-order valence-electron chi connectivity index (χ1n) is 4.98. The zero-order chi connectivity index (χ0) is 7.90. The van der Waals surface area contributed by atoms with Crippen molar-refractivity contribution in [2.24, 2.45) is 23.0 Å². The highest BCUT2D eigenvalue weighted by molar-refractivity contribution is 5.02. The van der Waals surface area contributed by atoms with Crippen LogP contribution in [0, 0.1) is 17.3 Å². The molecule has 0 spiro atoms. The molecule has 0 aromatic rings. The van der Waals surface area contributed by atoms with Crippen molar-refractivity contribution in [2.75, 3.05) is 6.54 Å². The smallest absolute Gasteiger partial charge is 0.00719 e. The average Bonchev–Trinajstić information content (AvgIpc) is 2.58. The predicted molar refractivity (Wildman–Crippen MR) is 47.2 cm³/mol. The van der Waals surface area contributed by atoms with Gasteiger partial charge in [0.25, 0.3) is 0 Å². The molecular weight excluding hydrogens is 134 g/mol. The molecule has 1 nitrogen and oxygen atoms in total. The van der Waals surface area contributed by atoms with Gasteiger partial charge in [-0.15, -0.1) is 0 Å². The molecule has 2 aliphatic rings. The normalized spacial score (nSPS) is 39.8. The van der Waals surface area contributed by atoms with Crippen LogP contribution in [0.2, 0.25) is 0 Å². The Bertz CT molecular complexity index is 149. The number of nitrogens with two attached hydrogens (primary N) is 1. The Hall–Kier alpha value is -0.0400. The fourth-order valence-electron chi connectivity index (χ4n) is 2.90. The van der Waals surface area contributed by atoms with Crippen molar-refractivity contribution in [1.29, 1.82) is 0 Å². The van der Waals surface area contributed by atoms with Crippen molar-refractivity contribution < 1.29 is 0 Å². The molecule has 2 atom stereocenters. The van der Waals surface area contributed by atoms with E-state index in [1.807, 2.05) is 0 Å². The average molecular weight is 153 g/mol. The lowest BCUT2D eigenvalue weighted by Gasteiger charge is -2.43. The second-order valence-corrected chi connectivity index (χ2v) is 4.57. The zero-order valence-corrected chi connectivity index (χ0v) is 7.47. The summed E-state index contributed by atoms with van der Waals surface area (Å²) in [6, 6.07) is 0. The molecule has 0 amide bonds. The Labute approximate surface area is 69.4 Å². The van der Waals surface area contributed by atoms with Crippen LogP contribution in [0.5, 0.6) is 0 Å². The highest BCUT2D eigenvalue weighted by Crippen LogP contribution is 2.61. The van der Waals surface area contributed by atoms with E-state index < -0.39 is 0 Å². The minimum atomic E-state index is 0.730. The Kier molecular flexibility index (Phi) is 1.71. The third kappa shape index (κ3) is 1.10. The fourth-order valence-corrected chi connectivity index (χ4v) is 2.90. The fraction of sp³-hybridized carbons (Fsp3) is 1.00. The molecule has 2 aliphatic carbocycles. The van der Waals surface area contributed by atoms with Gasteiger partial charge < -0.3 is 5.73 Å². The van der Waals surface area contributed by atoms with Gasteiger partial charge in [0.05, 0.1) is 0 Å². The van der Waals surface area contributed by atoms with Crippen LogP contribution in [0.3, 0.4) is 0 Å². The third-order valence-corrected chi connectivity index (χ3v) is 3.89. The second-order valence-electron chi connectivity index (χ2n) is 4.57. The maximum Gasteiger partial charge on any atom is -0.00719 e. The Morgan fingerprint density at radius 1 is 1.45 bits per heavy atom. The van der Waals surface area contributed by atoms with Crippen molar-refractivity contribution >= 4 is 0 Å². The first-order valence-corrected chi connectivity index (χ1v) is 4.98. The highest BCUT2D eigenvalue weighted by atomic mass is 14.6. The van der Waals surface area contributed by atoms with Crippen LogP contribution >= 0.6 is 0 Å². The molecule has 1 heteroatoms. The lowest BCUT2D eigenvalue weighted by atomic mass is 9.63. The maximum atomic E-state index is 5.64. The van der Waals surface area contributed by atoms with Crippen molar-refractivity contribution in [3.8, 4) is 0 Å². The molecule has 0 aromatic heterocycles. The summed E-state index contributed by atoms with van der Waals surface area (Å²) < 4.78 is 0. The highest BCUT2D eigenvalue weighted by Gasteiger charge is 2.52. The van der Waals surface area contributed by atoms with Gasteiger partial charge in [0.15, 0.2) is 0 Å². The molecule has 2 N–H and O–H groups in total. The lowest BCUT2D eigenvalue weighted by Crippen LogP contribution is -2.34. The van der Waals surface area contributed by atoms with E-state index >= 15 is 0 Å². The van der Waals surface area contributed by atoms with Crippen molar-refractivity contribution in [3.05, 3.63) is 0 Å². The Balaban J connectivity index is 1.94. The van der Waals surface area contributed by atoms with Crippen LogP contribution in [-0.2, 0) is 0 Å². The van der Waals surface area contributed by atoms with Gasteiger partial charge in [0.2, 0.25) is 0 Å². The van der Waals surface area contributed by atoms with Gasteiger partial charge in [-0.25, -0.2) is 0 Å². The predicted octanol–water partition coefficient (Wildman–Crippen LogP) is 2.16. The molecule has 0 aliphatic heterocycles. The van der Waals surface area contributed by atoms with E-state index in [4.69, 9.17) is 5.73 Å². The molecule has 2 unspecified atom stereocenters. The van der Waals surface area contributed by atoms with Gasteiger partial charge >= 0.3 is 0 Å². The van der Waals surface area contributed by atoms with E-state index in [2.05, 4.69) is 6.92 Å². The summed E-state index contributed by atoms with van der Waals surface area (Å²) >= 11 is 0. The monoisotopic (exact) mass is 153 g/mol. The summed E-state index contributed by atoms with van der Waals surface area (Å²) in [5.74, 6) is 2.07. The minimum absolute atomic E-state index is 0.730. The van der Waals surface area contributed by atoms with Crippen molar-refractivity contribution in [1.82, 2.24) is 0 Å². The van der Waals surface area contributed by atoms with Gasteiger partial charge in [0, 0.05) is 0 Å². The van der Waals surface area contributed by atoms with Gasteiger partial charge in [-0.05, 0) is 49.5 Å². The van der Waals surface area contributed by atoms with E-state index in [9.17, 15) is 0 Å². The van der Waals surface area contributed by atoms with Gasteiger partial charge in [-0.1, -0.05) is 13.3 Å². The van der Waals surface area contributed by atoms with E-state index in [-0.39, 0.29) is 0 Å². The van der Waals surface area contributed by atoms with Gasteiger partial charge in [0.1, 0.15) is 0 Å². The molecule has 2 fully saturated rings. The van der Waals surface area contributed by atoms with Gasteiger partial charge in [-0.3, -0.25) is 0 Å². The molecular formula is C10H19N. The summed E-state index contributed by atoms with van der Waals surface area (Å²) in [7, 11) is 0. The molecule has 0 bridgehead atoms. The summed E-state index contributed by atoms with van der Waals surface area (Å²) in [5.41, 5.74) is 6.37. The minimum Gasteiger partial charge on any atom is -0.330 e. The molecule has 0 saturated heterocycles. The molecule has 64 valence electrons. The SMILES string of the molecule is CC1CC1C1(CCN)CCC1. The first kappa shape index (κ1) is 7.60. The second kappa shape index (κ2) is 2.48. The van der Waals surface area contributed by atoms with Crippen LogP contribution in [0.15, 0.2) is 0 Å². The van der Waals surface area contributed by atoms with Crippen LogP contribution in [-0.4, -0.2) is 6.54 Å². The van der Waals surface area contributed by atoms with Crippen molar-refractivity contribution in [3.63, 3.8) is 0 Å². The Morgan fingerprint density at radius 2 is 2.09 bits per heavy atom. The molecule has 2 saturated carbocycles. The summed E-state index contributed by atoms with van der Waals surface area (Å²) in [4.78, 5) is 0. The Morgan fingerprint density at radius 3 is 2.36 bits per heavy atom. The largest absolute Gasteiger partial charge is 0.330 e. The topological polar surface area (TPSA) is 26.0 Å². The van der Waals surface area contributed by atoms with E-state index in [0.29, 0.717) is 0 Å². The van der Waals surface area contributed by atoms with E-state index in [1.165, 1.54) is 32.1 Å². The number of hydrogen-bond donors (Lipinski definition) is 1.